The highest BCUT2D eigenvalue weighted by atomic mass is 16.3. The lowest BCUT2D eigenvalue weighted by Crippen LogP contribution is -2.05. The maximum atomic E-state index is 5.33. The van der Waals surface area contributed by atoms with E-state index in [1.54, 1.807) is 12.5 Å². The summed E-state index contributed by atoms with van der Waals surface area (Å²) in [6.45, 7) is 0.604. The normalized spacial score (nSPS) is 10.9. The fourth-order valence-corrected chi connectivity index (χ4v) is 2.44. The highest BCUT2D eigenvalue weighted by Gasteiger charge is 2.10. The molecule has 5 heteroatoms. The van der Waals surface area contributed by atoms with E-state index in [2.05, 4.69) is 27.5 Å². The third-order valence-electron chi connectivity index (χ3n) is 3.51. The zero-order valence-corrected chi connectivity index (χ0v) is 11.8. The van der Waals surface area contributed by atoms with Gasteiger partial charge < -0.3 is 9.73 Å². The second kappa shape index (κ2) is 5.37. The molecule has 0 aliphatic carbocycles. The van der Waals surface area contributed by atoms with Gasteiger partial charge in [-0.2, -0.15) is 9.61 Å². The molecule has 5 nitrogen and oxygen atoms in total. The summed E-state index contributed by atoms with van der Waals surface area (Å²) >= 11 is 0. The number of aromatic nitrogens is 3. The second-order valence-electron chi connectivity index (χ2n) is 4.92. The van der Waals surface area contributed by atoms with E-state index in [-0.39, 0.29) is 0 Å². The largest absolute Gasteiger partial charge is 0.467 e. The first-order valence-electron chi connectivity index (χ1n) is 7.06. The zero-order valence-electron chi connectivity index (χ0n) is 11.8. The molecular formula is C17H14N4O. The van der Waals surface area contributed by atoms with Crippen molar-refractivity contribution >= 4 is 11.5 Å². The van der Waals surface area contributed by atoms with Gasteiger partial charge in [0.2, 0.25) is 0 Å². The number of rotatable bonds is 4. The van der Waals surface area contributed by atoms with Crippen LogP contribution in [0.25, 0.3) is 16.8 Å². The molecule has 1 aromatic carbocycles. The summed E-state index contributed by atoms with van der Waals surface area (Å²) in [5, 5.41) is 7.78. The third kappa shape index (κ3) is 2.22. The molecule has 0 saturated carbocycles. The standard InChI is InChI=1S/C17H14N4O/c1-2-5-13(6-3-1)15-12-20-21-16(8-9-18-17(15)21)19-11-14-7-4-10-22-14/h1-10,12,19H,11H2. The van der Waals surface area contributed by atoms with Crippen molar-refractivity contribution in [1.82, 2.24) is 14.6 Å². The second-order valence-corrected chi connectivity index (χ2v) is 4.92. The molecule has 0 aliphatic heterocycles. The Bertz CT molecular complexity index is 882. The third-order valence-corrected chi connectivity index (χ3v) is 3.51. The van der Waals surface area contributed by atoms with E-state index in [0.717, 1.165) is 28.4 Å². The number of furan rings is 1. The topological polar surface area (TPSA) is 55.4 Å². The van der Waals surface area contributed by atoms with Gasteiger partial charge in [0.1, 0.15) is 11.6 Å². The van der Waals surface area contributed by atoms with Gasteiger partial charge >= 0.3 is 0 Å². The van der Waals surface area contributed by atoms with Gasteiger partial charge in [-0.25, -0.2) is 4.98 Å². The van der Waals surface area contributed by atoms with Gasteiger partial charge in [0.15, 0.2) is 5.65 Å². The lowest BCUT2D eigenvalue weighted by atomic mass is 10.1. The molecule has 0 unspecified atom stereocenters. The number of anilines is 1. The number of benzene rings is 1. The maximum absolute atomic E-state index is 5.33. The van der Waals surface area contributed by atoms with Crippen LogP contribution in [0.2, 0.25) is 0 Å². The van der Waals surface area contributed by atoms with Crippen LogP contribution in [0, 0.1) is 0 Å². The van der Waals surface area contributed by atoms with Gasteiger partial charge in [-0.3, -0.25) is 0 Å². The van der Waals surface area contributed by atoms with E-state index in [1.165, 1.54) is 0 Å². The monoisotopic (exact) mass is 290 g/mol. The van der Waals surface area contributed by atoms with E-state index in [9.17, 15) is 0 Å². The highest BCUT2D eigenvalue weighted by Crippen LogP contribution is 2.24. The van der Waals surface area contributed by atoms with Crippen LogP contribution >= 0.6 is 0 Å². The molecule has 0 aliphatic rings. The van der Waals surface area contributed by atoms with E-state index in [4.69, 9.17) is 4.42 Å². The molecule has 0 radical (unpaired) electrons. The Morgan fingerprint density at radius 1 is 1.05 bits per heavy atom. The zero-order chi connectivity index (χ0) is 14.8. The van der Waals surface area contributed by atoms with Crippen LogP contribution in [0.3, 0.4) is 0 Å². The molecule has 3 aromatic heterocycles. The summed E-state index contributed by atoms with van der Waals surface area (Å²) in [4.78, 5) is 4.46. The first kappa shape index (κ1) is 12.6. The summed E-state index contributed by atoms with van der Waals surface area (Å²) < 4.78 is 7.14. The van der Waals surface area contributed by atoms with E-state index >= 15 is 0 Å². The average Bonchev–Trinajstić information content (AvgIpc) is 3.23. The van der Waals surface area contributed by atoms with E-state index in [1.807, 2.05) is 47.1 Å². The number of fused-ring (bicyclic) bond motifs is 1. The molecule has 0 atom stereocenters. The predicted octanol–water partition coefficient (Wildman–Crippen LogP) is 3.60. The molecule has 108 valence electrons. The van der Waals surface area contributed by atoms with Crippen molar-refractivity contribution in [3.8, 4) is 11.1 Å². The quantitative estimate of drug-likeness (QED) is 0.624. The Labute approximate surface area is 127 Å². The Hall–Kier alpha value is -3.08. The Morgan fingerprint density at radius 3 is 2.77 bits per heavy atom. The lowest BCUT2D eigenvalue weighted by molar-refractivity contribution is 0.517. The highest BCUT2D eigenvalue weighted by molar-refractivity contribution is 5.77. The first-order chi connectivity index (χ1) is 10.9. The Kier molecular flexibility index (Phi) is 3.08. The van der Waals surface area contributed by atoms with Crippen LogP contribution in [0.1, 0.15) is 5.76 Å². The van der Waals surface area contributed by atoms with Crippen molar-refractivity contribution in [1.29, 1.82) is 0 Å². The molecule has 1 N–H and O–H groups in total. The van der Waals surface area contributed by atoms with Crippen LogP contribution in [0.5, 0.6) is 0 Å². The van der Waals surface area contributed by atoms with Gasteiger partial charge in [-0.05, 0) is 23.8 Å². The Morgan fingerprint density at radius 2 is 1.95 bits per heavy atom. The van der Waals surface area contributed by atoms with Gasteiger partial charge in [0, 0.05) is 11.8 Å². The van der Waals surface area contributed by atoms with Gasteiger partial charge in [0.05, 0.1) is 19.0 Å². The number of hydrogen-bond acceptors (Lipinski definition) is 4. The summed E-state index contributed by atoms with van der Waals surface area (Å²) in [5.74, 6) is 1.75. The minimum Gasteiger partial charge on any atom is -0.467 e. The van der Waals surface area contributed by atoms with Crippen LogP contribution in [0.4, 0.5) is 5.82 Å². The van der Waals surface area contributed by atoms with Crippen molar-refractivity contribution in [3.63, 3.8) is 0 Å². The van der Waals surface area contributed by atoms with Crippen molar-refractivity contribution in [2.75, 3.05) is 5.32 Å². The molecule has 0 amide bonds. The summed E-state index contributed by atoms with van der Waals surface area (Å²) in [6.07, 6.45) is 5.30. The van der Waals surface area contributed by atoms with Crippen molar-refractivity contribution in [2.45, 2.75) is 6.54 Å². The fourth-order valence-electron chi connectivity index (χ4n) is 2.44. The molecular weight excluding hydrogens is 276 g/mol. The van der Waals surface area contributed by atoms with Crippen LogP contribution < -0.4 is 5.32 Å². The fraction of sp³-hybridized carbons (Fsp3) is 0.0588. The molecule has 0 saturated heterocycles. The molecule has 22 heavy (non-hydrogen) atoms. The number of hydrogen-bond donors (Lipinski definition) is 1. The SMILES string of the molecule is c1ccc(-c2cnn3c(NCc4ccco4)ccnc23)cc1. The smallest absolute Gasteiger partial charge is 0.165 e. The minimum atomic E-state index is 0.604. The van der Waals surface area contributed by atoms with Crippen molar-refractivity contribution < 1.29 is 4.42 Å². The van der Waals surface area contributed by atoms with Crippen molar-refractivity contribution in [2.24, 2.45) is 0 Å². The molecule has 4 aromatic rings. The molecule has 0 fully saturated rings. The number of nitrogens with zero attached hydrogens (tertiary/aromatic N) is 3. The van der Waals surface area contributed by atoms with E-state index < -0.39 is 0 Å². The Balaban J connectivity index is 1.71. The molecule has 4 rings (SSSR count). The molecule has 0 bridgehead atoms. The average molecular weight is 290 g/mol. The number of nitrogens with one attached hydrogen (secondary N) is 1. The van der Waals surface area contributed by atoms with Crippen molar-refractivity contribution in [3.05, 3.63) is 72.9 Å². The van der Waals surface area contributed by atoms with Crippen LogP contribution in [-0.2, 0) is 6.54 Å². The minimum absolute atomic E-state index is 0.604. The summed E-state index contributed by atoms with van der Waals surface area (Å²) in [6, 6.07) is 15.8. The predicted molar refractivity (Wildman–Crippen MR) is 84.5 cm³/mol. The maximum Gasteiger partial charge on any atom is 0.165 e. The van der Waals surface area contributed by atoms with Gasteiger partial charge in [0.25, 0.3) is 0 Å². The van der Waals surface area contributed by atoms with E-state index in [0.29, 0.717) is 6.54 Å². The summed E-state index contributed by atoms with van der Waals surface area (Å²) in [7, 11) is 0. The lowest BCUT2D eigenvalue weighted by Gasteiger charge is -2.06. The van der Waals surface area contributed by atoms with Gasteiger partial charge in [-0.15, -0.1) is 0 Å². The molecule has 0 spiro atoms. The van der Waals surface area contributed by atoms with Crippen LogP contribution in [-0.4, -0.2) is 14.6 Å². The first-order valence-corrected chi connectivity index (χ1v) is 7.06. The van der Waals surface area contributed by atoms with Crippen LogP contribution in [0.15, 0.2) is 71.6 Å². The van der Waals surface area contributed by atoms with Gasteiger partial charge in [-0.1, -0.05) is 30.3 Å². The summed E-state index contributed by atoms with van der Waals surface area (Å²) in [5.41, 5.74) is 2.95. The molecule has 3 heterocycles.